The Morgan fingerprint density at radius 3 is 2.39 bits per heavy atom. The van der Waals surface area contributed by atoms with Gasteiger partial charge in [-0.15, -0.1) is 0 Å². The molecule has 1 aromatic carbocycles. The molecule has 1 aliphatic rings. The first kappa shape index (κ1) is 17.3. The molecule has 5 heteroatoms. The summed E-state index contributed by atoms with van der Waals surface area (Å²) in [7, 11) is 6.24. The smallest absolute Gasteiger partial charge is 0.258 e. The lowest BCUT2D eigenvalue weighted by Gasteiger charge is -2.38. The molecule has 5 nitrogen and oxygen atoms in total. The van der Waals surface area contributed by atoms with Gasteiger partial charge in [0.1, 0.15) is 11.9 Å². The van der Waals surface area contributed by atoms with Crippen molar-refractivity contribution in [1.82, 2.24) is 0 Å². The van der Waals surface area contributed by atoms with Crippen LogP contribution in [0, 0.1) is 0 Å². The average molecular weight is 318 g/mol. The van der Waals surface area contributed by atoms with Crippen LogP contribution in [0.5, 0.6) is 5.75 Å². The molecule has 0 amide bonds. The monoisotopic (exact) mass is 318 g/mol. The topological polar surface area (TPSA) is 57.2 Å². The van der Waals surface area contributed by atoms with Crippen LogP contribution in [0.3, 0.4) is 0 Å². The number of ether oxygens (including phenoxy) is 4. The van der Waals surface area contributed by atoms with Gasteiger partial charge in [-0.1, -0.05) is 24.3 Å². The predicted octanol–water partition coefficient (Wildman–Crippen LogP) is 2.88. The Morgan fingerprint density at radius 1 is 1.09 bits per heavy atom. The van der Waals surface area contributed by atoms with Gasteiger partial charge in [0.2, 0.25) is 0 Å². The Kier molecular flexibility index (Phi) is 5.60. The molecular formula is C18H22O5. The second kappa shape index (κ2) is 7.46. The Labute approximate surface area is 136 Å². The first-order valence-electron chi connectivity index (χ1n) is 7.17. The lowest BCUT2D eigenvalue weighted by molar-refractivity contribution is -0.246. The number of phenolic OH excluding ortho intramolecular Hbond substituents is 1. The highest BCUT2D eigenvalue weighted by Gasteiger charge is 2.46. The van der Waals surface area contributed by atoms with E-state index in [0.717, 1.165) is 11.1 Å². The number of benzene rings is 1. The first-order chi connectivity index (χ1) is 11.1. The fourth-order valence-electron chi connectivity index (χ4n) is 2.59. The number of phenols is 1. The van der Waals surface area contributed by atoms with Crippen molar-refractivity contribution in [2.75, 3.05) is 28.4 Å². The van der Waals surface area contributed by atoms with Gasteiger partial charge in [-0.05, 0) is 35.4 Å². The molecule has 0 fully saturated rings. The highest BCUT2D eigenvalue weighted by Crippen LogP contribution is 2.35. The summed E-state index contributed by atoms with van der Waals surface area (Å²) in [6.07, 6.45) is 7.08. The van der Waals surface area contributed by atoms with Crippen LogP contribution < -0.4 is 0 Å². The third-order valence-corrected chi connectivity index (χ3v) is 3.78. The van der Waals surface area contributed by atoms with Crippen molar-refractivity contribution in [3.63, 3.8) is 0 Å². The minimum absolute atomic E-state index is 0.227. The molecule has 0 spiro atoms. The second-order valence-electron chi connectivity index (χ2n) is 5.04. The van der Waals surface area contributed by atoms with E-state index in [1.807, 2.05) is 30.4 Å². The summed E-state index contributed by atoms with van der Waals surface area (Å²) in [5.74, 6) is -0.357. The Morgan fingerprint density at radius 2 is 1.83 bits per heavy atom. The Bertz CT molecular complexity index is 626. The number of aromatic hydroxyl groups is 1. The second-order valence-corrected chi connectivity index (χ2v) is 5.04. The van der Waals surface area contributed by atoms with Crippen LogP contribution in [0.15, 0.2) is 53.8 Å². The van der Waals surface area contributed by atoms with Gasteiger partial charge in [0.15, 0.2) is 5.76 Å². The summed E-state index contributed by atoms with van der Waals surface area (Å²) in [5, 5.41) is 9.51. The Balaban J connectivity index is 2.33. The number of hydrogen-bond acceptors (Lipinski definition) is 5. The molecule has 0 saturated heterocycles. The molecule has 0 aliphatic heterocycles. The summed E-state index contributed by atoms with van der Waals surface area (Å²) in [6, 6.07) is 7.01. The molecule has 124 valence electrons. The quantitative estimate of drug-likeness (QED) is 0.817. The van der Waals surface area contributed by atoms with Gasteiger partial charge in [-0.2, -0.15) is 0 Å². The maximum atomic E-state index is 9.51. The van der Waals surface area contributed by atoms with Gasteiger partial charge in [-0.3, -0.25) is 0 Å². The van der Waals surface area contributed by atoms with Gasteiger partial charge in [0.05, 0.1) is 7.11 Å². The fraction of sp³-hybridized carbons (Fsp3) is 0.333. The summed E-state index contributed by atoms with van der Waals surface area (Å²) >= 11 is 0. The van der Waals surface area contributed by atoms with Crippen molar-refractivity contribution in [3.05, 3.63) is 59.4 Å². The third-order valence-electron chi connectivity index (χ3n) is 3.78. The molecule has 0 bridgehead atoms. The van der Waals surface area contributed by atoms with Crippen molar-refractivity contribution in [2.24, 2.45) is 0 Å². The third kappa shape index (κ3) is 3.47. The van der Waals surface area contributed by atoms with Crippen molar-refractivity contribution in [1.29, 1.82) is 0 Å². The highest BCUT2D eigenvalue weighted by molar-refractivity contribution is 5.57. The van der Waals surface area contributed by atoms with E-state index < -0.39 is 11.9 Å². The molecular weight excluding hydrogens is 296 g/mol. The molecule has 0 saturated carbocycles. The zero-order valence-corrected chi connectivity index (χ0v) is 13.8. The predicted molar refractivity (Wildman–Crippen MR) is 87.9 cm³/mol. The molecule has 1 N–H and O–H groups in total. The molecule has 1 aliphatic carbocycles. The lowest BCUT2D eigenvalue weighted by Crippen LogP contribution is -2.49. The molecule has 0 heterocycles. The SMILES string of the molecule is COC1=CC(C=Cc2cccc(O)c2)=CC(OC)C1(OC)OC. The summed E-state index contributed by atoms with van der Waals surface area (Å²) < 4.78 is 22.0. The van der Waals surface area contributed by atoms with Crippen molar-refractivity contribution in [3.8, 4) is 5.75 Å². The highest BCUT2D eigenvalue weighted by atomic mass is 16.7. The van der Waals surface area contributed by atoms with Crippen LogP contribution in [-0.2, 0) is 18.9 Å². The number of rotatable bonds is 6. The first-order valence-corrected chi connectivity index (χ1v) is 7.17. The standard InChI is InChI=1S/C18H22O5/c1-20-16-11-14(9-8-13-6-5-7-15(19)10-13)12-17(21-2)18(16,22-3)23-4/h5-12,16,19H,1-4H3. The van der Waals surface area contributed by atoms with Gasteiger partial charge in [0.25, 0.3) is 5.79 Å². The molecule has 1 atom stereocenters. The lowest BCUT2D eigenvalue weighted by atomic mass is 9.95. The molecule has 2 rings (SSSR count). The maximum Gasteiger partial charge on any atom is 0.258 e. The van der Waals surface area contributed by atoms with Crippen LogP contribution in [0.1, 0.15) is 5.56 Å². The molecule has 1 unspecified atom stereocenters. The summed E-state index contributed by atoms with van der Waals surface area (Å²) in [5.41, 5.74) is 1.78. The van der Waals surface area contributed by atoms with Gasteiger partial charge in [-0.25, -0.2) is 0 Å². The van der Waals surface area contributed by atoms with E-state index in [9.17, 15) is 5.11 Å². The van der Waals surface area contributed by atoms with Crippen molar-refractivity contribution in [2.45, 2.75) is 11.9 Å². The van der Waals surface area contributed by atoms with Gasteiger partial charge >= 0.3 is 0 Å². The normalized spacial score (nSPS) is 20.3. The fourth-order valence-corrected chi connectivity index (χ4v) is 2.59. The molecule has 23 heavy (non-hydrogen) atoms. The zero-order valence-electron chi connectivity index (χ0n) is 13.8. The molecule has 0 radical (unpaired) electrons. The largest absolute Gasteiger partial charge is 0.508 e. The van der Waals surface area contributed by atoms with E-state index in [2.05, 4.69) is 0 Å². The van der Waals surface area contributed by atoms with E-state index in [4.69, 9.17) is 18.9 Å². The maximum absolute atomic E-state index is 9.51. The van der Waals surface area contributed by atoms with Crippen molar-refractivity contribution >= 4 is 6.08 Å². The minimum Gasteiger partial charge on any atom is -0.508 e. The van der Waals surface area contributed by atoms with E-state index in [1.165, 1.54) is 0 Å². The van der Waals surface area contributed by atoms with E-state index in [1.54, 1.807) is 46.6 Å². The van der Waals surface area contributed by atoms with Gasteiger partial charge in [0, 0.05) is 21.3 Å². The van der Waals surface area contributed by atoms with Crippen LogP contribution in [0.2, 0.25) is 0 Å². The number of methoxy groups -OCH3 is 4. The van der Waals surface area contributed by atoms with Crippen LogP contribution in [-0.4, -0.2) is 45.4 Å². The van der Waals surface area contributed by atoms with Crippen LogP contribution >= 0.6 is 0 Å². The summed E-state index contributed by atoms with van der Waals surface area (Å²) in [6.45, 7) is 0. The Hall–Kier alpha value is -2.08. The average Bonchev–Trinajstić information content (AvgIpc) is 2.58. The number of hydrogen-bond donors (Lipinski definition) is 1. The molecule has 0 aromatic heterocycles. The van der Waals surface area contributed by atoms with Crippen LogP contribution in [0.25, 0.3) is 6.08 Å². The molecule has 1 aromatic rings. The minimum atomic E-state index is -1.11. The van der Waals surface area contributed by atoms with Gasteiger partial charge < -0.3 is 24.1 Å². The van der Waals surface area contributed by atoms with E-state index >= 15 is 0 Å². The van der Waals surface area contributed by atoms with E-state index in [-0.39, 0.29) is 5.75 Å². The number of allylic oxidation sites excluding steroid dienone is 3. The van der Waals surface area contributed by atoms with E-state index in [0.29, 0.717) is 5.76 Å². The van der Waals surface area contributed by atoms with Crippen LogP contribution in [0.4, 0.5) is 0 Å². The zero-order chi connectivity index (χ0) is 16.9. The van der Waals surface area contributed by atoms with Crippen molar-refractivity contribution < 1.29 is 24.1 Å². The summed E-state index contributed by atoms with van der Waals surface area (Å²) in [4.78, 5) is 0.